The molecule has 208 valence electrons. The number of fused-ring (bicyclic) bond motifs is 3. The highest BCUT2D eigenvalue weighted by Crippen LogP contribution is 2.52. The molecule has 0 saturated heterocycles. The van der Waals surface area contributed by atoms with Crippen LogP contribution in [0.4, 0.5) is 0 Å². The van der Waals surface area contributed by atoms with E-state index in [2.05, 4.69) is 0 Å². The Balaban J connectivity index is 1.69. The van der Waals surface area contributed by atoms with E-state index in [0.29, 0.717) is 6.42 Å². The number of aliphatic hydroxyl groups excluding tert-OH is 2. The van der Waals surface area contributed by atoms with Crippen LogP contribution in [0.25, 0.3) is 0 Å². The van der Waals surface area contributed by atoms with Crippen molar-refractivity contribution in [1.29, 1.82) is 0 Å². The fraction of sp³-hybridized carbons (Fsp3) is 0.464. The standard InChI is InChI=1S/C28H31NO10/c1-11-6-12(7-15(29)23(11)32)39-17-9-28(37,18(31)10-30)8-14-20(17)27(36)22-21(25(14)34)24(33)13-4-3-5-16(38-2)19(13)26(22)35/h3-5,11-12,15,17,23,30,32,34,36-37H,6-10,29H2,1-2H3/t11?,12-,15-,17?,23+,28+/m1/s1. The van der Waals surface area contributed by atoms with Crippen LogP contribution >= 0.6 is 0 Å². The van der Waals surface area contributed by atoms with E-state index in [-0.39, 0.29) is 40.3 Å². The Morgan fingerprint density at radius 3 is 2.44 bits per heavy atom. The maximum absolute atomic E-state index is 13.7. The zero-order valence-electron chi connectivity index (χ0n) is 21.5. The summed E-state index contributed by atoms with van der Waals surface area (Å²) in [5.41, 5.74) is 2.76. The topological polar surface area (TPSA) is 197 Å². The van der Waals surface area contributed by atoms with E-state index in [1.807, 2.05) is 0 Å². The Morgan fingerprint density at radius 2 is 1.79 bits per heavy atom. The summed E-state index contributed by atoms with van der Waals surface area (Å²) < 4.78 is 11.5. The lowest BCUT2D eigenvalue weighted by atomic mass is 9.71. The number of ketones is 3. The van der Waals surface area contributed by atoms with E-state index < -0.39 is 89.4 Å². The molecule has 2 aromatic carbocycles. The average Bonchev–Trinajstić information content (AvgIpc) is 2.90. The van der Waals surface area contributed by atoms with Crippen LogP contribution in [0.15, 0.2) is 18.2 Å². The number of hydrogen-bond acceptors (Lipinski definition) is 11. The number of phenolic OH excluding ortho intramolecular Hbond substituents is 2. The lowest BCUT2D eigenvalue weighted by Crippen LogP contribution is -2.50. The Labute approximate surface area is 223 Å². The van der Waals surface area contributed by atoms with Crippen LogP contribution in [-0.4, -0.2) is 80.4 Å². The predicted octanol–water partition coefficient (Wildman–Crippen LogP) is 0.665. The molecule has 1 fully saturated rings. The number of carbonyl (C=O) groups is 3. The molecule has 0 amide bonds. The van der Waals surface area contributed by atoms with Crippen LogP contribution in [0.5, 0.6) is 17.2 Å². The number of aromatic hydroxyl groups is 2. The molecule has 6 atom stereocenters. The molecule has 3 aliphatic rings. The van der Waals surface area contributed by atoms with Crippen molar-refractivity contribution >= 4 is 17.3 Å². The van der Waals surface area contributed by atoms with Gasteiger partial charge in [-0.1, -0.05) is 19.1 Å². The fourth-order valence-corrected chi connectivity index (χ4v) is 6.25. The Bertz CT molecular complexity index is 1380. The second kappa shape index (κ2) is 9.68. The number of benzene rings is 2. The Kier molecular flexibility index (Phi) is 6.76. The molecule has 0 spiro atoms. The monoisotopic (exact) mass is 541 g/mol. The molecule has 3 aliphatic carbocycles. The van der Waals surface area contributed by atoms with Crippen molar-refractivity contribution in [2.75, 3.05) is 13.7 Å². The molecule has 11 nitrogen and oxygen atoms in total. The van der Waals surface area contributed by atoms with Crippen molar-refractivity contribution in [3.63, 3.8) is 0 Å². The summed E-state index contributed by atoms with van der Waals surface area (Å²) >= 11 is 0. The van der Waals surface area contributed by atoms with Gasteiger partial charge in [0.15, 0.2) is 11.6 Å². The third-order valence-corrected chi connectivity index (χ3v) is 8.29. The van der Waals surface area contributed by atoms with Gasteiger partial charge in [0.25, 0.3) is 0 Å². The van der Waals surface area contributed by atoms with Crippen molar-refractivity contribution in [2.24, 2.45) is 11.7 Å². The van der Waals surface area contributed by atoms with Gasteiger partial charge in [0.2, 0.25) is 5.78 Å². The molecule has 2 unspecified atom stereocenters. The highest BCUT2D eigenvalue weighted by Gasteiger charge is 2.50. The summed E-state index contributed by atoms with van der Waals surface area (Å²) in [5.74, 6) is -3.79. The molecule has 0 aromatic heterocycles. The molecule has 2 aromatic rings. The first-order valence-electron chi connectivity index (χ1n) is 12.8. The SMILES string of the molecule is COc1cccc2c1C(=O)c1c(O)c3c(c(O)c1C2=O)C[C@@](O)(C(=O)CO)CC3O[C@@H]1CC(C)[C@H](O)[C@H](N)C1. The first-order chi connectivity index (χ1) is 18.4. The van der Waals surface area contributed by atoms with Gasteiger partial charge in [-0.15, -0.1) is 0 Å². The number of rotatable bonds is 5. The molecular formula is C28H31NO10. The summed E-state index contributed by atoms with van der Waals surface area (Å²) in [4.78, 5) is 39.8. The third kappa shape index (κ3) is 4.12. The molecule has 11 heteroatoms. The van der Waals surface area contributed by atoms with Gasteiger partial charge in [0.05, 0.1) is 42.1 Å². The van der Waals surface area contributed by atoms with Crippen molar-refractivity contribution in [3.8, 4) is 17.2 Å². The predicted molar refractivity (Wildman–Crippen MR) is 135 cm³/mol. The van der Waals surface area contributed by atoms with Gasteiger partial charge < -0.3 is 40.7 Å². The van der Waals surface area contributed by atoms with Gasteiger partial charge in [0, 0.05) is 35.6 Å². The van der Waals surface area contributed by atoms with Crippen LogP contribution in [-0.2, 0) is 16.0 Å². The Morgan fingerprint density at radius 1 is 1.10 bits per heavy atom. The van der Waals surface area contributed by atoms with Crippen molar-refractivity contribution in [2.45, 2.75) is 62.6 Å². The number of nitrogens with two attached hydrogens (primary N) is 1. The molecule has 0 heterocycles. The molecule has 5 rings (SSSR count). The van der Waals surface area contributed by atoms with Gasteiger partial charge in [-0.3, -0.25) is 14.4 Å². The number of phenols is 2. The molecule has 39 heavy (non-hydrogen) atoms. The van der Waals surface area contributed by atoms with E-state index in [1.165, 1.54) is 25.3 Å². The molecule has 0 aliphatic heterocycles. The van der Waals surface area contributed by atoms with E-state index in [4.69, 9.17) is 15.2 Å². The molecule has 1 saturated carbocycles. The number of Topliss-reactive ketones (excluding diaryl/α,β-unsaturated/α-hetero) is 1. The lowest BCUT2D eigenvalue weighted by Gasteiger charge is -2.42. The third-order valence-electron chi connectivity index (χ3n) is 8.29. The van der Waals surface area contributed by atoms with Gasteiger partial charge in [0.1, 0.15) is 29.5 Å². The zero-order valence-corrected chi connectivity index (χ0v) is 21.5. The first-order valence-corrected chi connectivity index (χ1v) is 12.8. The number of methoxy groups -OCH3 is 1. The lowest BCUT2D eigenvalue weighted by molar-refractivity contribution is -0.151. The Hall–Kier alpha value is -3.35. The summed E-state index contributed by atoms with van der Waals surface area (Å²) in [6.07, 6.45) is -2.82. The van der Waals surface area contributed by atoms with Crippen molar-refractivity contribution in [3.05, 3.63) is 51.6 Å². The minimum absolute atomic E-state index is 0.0319. The molecule has 0 bridgehead atoms. The van der Waals surface area contributed by atoms with Crippen molar-refractivity contribution < 1.29 is 49.4 Å². The van der Waals surface area contributed by atoms with Crippen LogP contribution in [0.2, 0.25) is 0 Å². The van der Waals surface area contributed by atoms with Gasteiger partial charge in [-0.05, 0) is 24.8 Å². The second-order valence-corrected chi connectivity index (χ2v) is 10.7. The normalized spacial score (nSPS) is 29.8. The van der Waals surface area contributed by atoms with Gasteiger partial charge in [-0.25, -0.2) is 0 Å². The summed E-state index contributed by atoms with van der Waals surface area (Å²) in [6, 6.07) is 3.81. The largest absolute Gasteiger partial charge is 0.507 e. The van der Waals surface area contributed by atoms with E-state index in [1.54, 1.807) is 6.92 Å². The maximum atomic E-state index is 13.7. The van der Waals surface area contributed by atoms with Gasteiger partial charge >= 0.3 is 0 Å². The summed E-state index contributed by atoms with van der Waals surface area (Å²) in [7, 11) is 1.34. The maximum Gasteiger partial charge on any atom is 0.202 e. The van der Waals surface area contributed by atoms with E-state index in [0.717, 1.165) is 0 Å². The highest BCUT2D eigenvalue weighted by molar-refractivity contribution is 6.31. The minimum Gasteiger partial charge on any atom is -0.507 e. The number of aliphatic hydroxyl groups is 3. The van der Waals surface area contributed by atoms with E-state index >= 15 is 0 Å². The average molecular weight is 542 g/mol. The first kappa shape index (κ1) is 27.2. The minimum atomic E-state index is -2.19. The number of hydrogen-bond donors (Lipinski definition) is 6. The van der Waals surface area contributed by atoms with Gasteiger partial charge in [-0.2, -0.15) is 0 Å². The highest BCUT2D eigenvalue weighted by atomic mass is 16.5. The molecular weight excluding hydrogens is 510 g/mol. The molecule has 7 N–H and O–H groups in total. The fourth-order valence-electron chi connectivity index (χ4n) is 6.25. The summed E-state index contributed by atoms with van der Waals surface area (Å²) in [5, 5.41) is 54.0. The quantitative estimate of drug-likeness (QED) is 0.248. The van der Waals surface area contributed by atoms with E-state index in [9.17, 15) is 39.9 Å². The smallest absolute Gasteiger partial charge is 0.202 e. The van der Waals surface area contributed by atoms with Crippen LogP contribution < -0.4 is 10.5 Å². The summed E-state index contributed by atoms with van der Waals surface area (Å²) in [6.45, 7) is 0.813. The van der Waals surface area contributed by atoms with Crippen LogP contribution in [0, 0.1) is 5.92 Å². The number of ether oxygens (including phenoxy) is 2. The van der Waals surface area contributed by atoms with Crippen LogP contribution in [0.1, 0.15) is 75.3 Å². The van der Waals surface area contributed by atoms with Crippen molar-refractivity contribution in [1.82, 2.24) is 0 Å². The second-order valence-electron chi connectivity index (χ2n) is 10.7. The zero-order chi connectivity index (χ0) is 28.4. The number of carbonyl (C=O) groups excluding carboxylic acids is 3. The molecule has 0 radical (unpaired) electrons. The van der Waals surface area contributed by atoms with Crippen LogP contribution in [0.3, 0.4) is 0 Å².